The van der Waals surface area contributed by atoms with Gasteiger partial charge in [-0.25, -0.2) is 0 Å². The zero-order chi connectivity index (χ0) is 17.4. The summed E-state index contributed by atoms with van der Waals surface area (Å²) < 4.78 is 1.83. The molecule has 25 heavy (non-hydrogen) atoms. The predicted octanol–water partition coefficient (Wildman–Crippen LogP) is 3.98. The number of hydrogen-bond donors (Lipinski definition) is 0. The fourth-order valence-corrected chi connectivity index (χ4v) is 4.28. The molecule has 1 aromatic carbocycles. The van der Waals surface area contributed by atoms with Crippen LogP contribution in [-0.4, -0.2) is 27.1 Å². The number of nitrogens with zero attached hydrogens (tertiary/aromatic N) is 3. The van der Waals surface area contributed by atoms with Crippen LogP contribution in [0.25, 0.3) is 0 Å². The Labute approximate surface area is 149 Å². The maximum Gasteiger partial charge on any atom is 0.226 e. The molecule has 2 aromatic rings. The summed E-state index contributed by atoms with van der Waals surface area (Å²) in [6.45, 7) is 3.03. The molecule has 132 valence electrons. The first-order valence-electron chi connectivity index (χ1n) is 9.49. The molecule has 2 heterocycles. The van der Waals surface area contributed by atoms with Crippen molar-refractivity contribution in [3.63, 3.8) is 0 Å². The first kappa shape index (κ1) is 16.4. The monoisotopic (exact) mass is 337 g/mol. The van der Waals surface area contributed by atoms with Crippen LogP contribution in [0.5, 0.6) is 0 Å². The number of hydrogen-bond acceptors (Lipinski definition) is 2. The number of benzene rings is 1. The minimum atomic E-state index is 0.148. The van der Waals surface area contributed by atoms with Crippen molar-refractivity contribution in [3.8, 4) is 0 Å². The number of rotatable bonds is 3. The Morgan fingerprint density at radius 1 is 1.20 bits per heavy atom. The lowest BCUT2D eigenvalue weighted by Gasteiger charge is -2.31. The van der Waals surface area contributed by atoms with Gasteiger partial charge >= 0.3 is 0 Å². The van der Waals surface area contributed by atoms with Crippen molar-refractivity contribution in [2.45, 2.75) is 51.0 Å². The molecule has 4 heteroatoms. The lowest BCUT2D eigenvalue weighted by molar-refractivity contribution is -0.135. The van der Waals surface area contributed by atoms with E-state index in [9.17, 15) is 4.79 Å². The van der Waals surface area contributed by atoms with Crippen molar-refractivity contribution >= 4 is 5.91 Å². The highest BCUT2D eigenvalue weighted by Gasteiger charge is 2.47. The summed E-state index contributed by atoms with van der Waals surface area (Å²) >= 11 is 0. The number of aryl methyl sites for hydroxylation is 2. The molecule has 2 fully saturated rings. The standard InChI is InChI=1S/C21H27N3O/c1-15-7-6-8-16(11-15)20-9-4-3-5-10-24(20)21(25)19-12-18(19)17-13-22-23(2)14-17/h6-8,11,13-14,18-20H,3-5,9-10,12H2,1-2H3/t18-,19+,20-/m0/s1. The fraction of sp³-hybridized carbons (Fsp3) is 0.524. The van der Waals surface area contributed by atoms with Gasteiger partial charge < -0.3 is 4.90 Å². The SMILES string of the molecule is Cc1cccc([C@@H]2CCCCCN2C(=O)[C@@H]2C[C@H]2c2cnn(C)c2)c1. The van der Waals surface area contributed by atoms with Crippen LogP contribution in [0.4, 0.5) is 0 Å². The quantitative estimate of drug-likeness (QED) is 0.850. The Morgan fingerprint density at radius 2 is 2.08 bits per heavy atom. The molecule has 0 bridgehead atoms. The highest BCUT2D eigenvalue weighted by atomic mass is 16.2. The highest BCUT2D eigenvalue weighted by molar-refractivity contribution is 5.83. The second kappa shape index (κ2) is 6.66. The highest BCUT2D eigenvalue weighted by Crippen LogP contribution is 2.49. The first-order chi connectivity index (χ1) is 12.1. The van der Waals surface area contributed by atoms with Gasteiger partial charge in [-0.05, 0) is 43.2 Å². The van der Waals surface area contributed by atoms with E-state index in [1.54, 1.807) is 0 Å². The van der Waals surface area contributed by atoms with E-state index < -0.39 is 0 Å². The number of amides is 1. The minimum absolute atomic E-state index is 0.148. The van der Waals surface area contributed by atoms with Crippen molar-refractivity contribution in [1.82, 2.24) is 14.7 Å². The summed E-state index contributed by atoms with van der Waals surface area (Å²) in [7, 11) is 1.94. The smallest absolute Gasteiger partial charge is 0.226 e. The van der Waals surface area contributed by atoms with Gasteiger partial charge in [0.2, 0.25) is 5.91 Å². The van der Waals surface area contributed by atoms with Gasteiger partial charge in [0, 0.05) is 25.7 Å². The van der Waals surface area contributed by atoms with Crippen molar-refractivity contribution < 1.29 is 4.79 Å². The van der Waals surface area contributed by atoms with E-state index in [2.05, 4.69) is 47.4 Å². The maximum absolute atomic E-state index is 13.3. The van der Waals surface area contributed by atoms with Crippen LogP contribution in [-0.2, 0) is 11.8 Å². The molecule has 4 nitrogen and oxygen atoms in total. The van der Waals surface area contributed by atoms with E-state index in [0.717, 1.165) is 25.8 Å². The molecule has 0 N–H and O–H groups in total. The summed E-state index contributed by atoms with van der Waals surface area (Å²) in [5, 5.41) is 4.26. The van der Waals surface area contributed by atoms with Gasteiger partial charge in [0.15, 0.2) is 0 Å². The topological polar surface area (TPSA) is 38.1 Å². The molecule has 1 saturated carbocycles. The Kier molecular flexibility index (Phi) is 4.36. The van der Waals surface area contributed by atoms with Gasteiger partial charge in [-0.1, -0.05) is 42.7 Å². The van der Waals surface area contributed by atoms with E-state index in [0.29, 0.717) is 11.8 Å². The lowest BCUT2D eigenvalue weighted by Crippen LogP contribution is -2.36. The minimum Gasteiger partial charge on any atom is -0.335 e. The average Bonchev–Trinajstić information content (AvgIpc) is 3.34. The van der Waals surface area contributed by atoms with Crippen LogP contribution >= 0.6 is 0 Å². The largest absolute Gasteiger partial charge is 0.335 e. The van der Waals surface area contributed by atoms with Crippen LogP contribution < -0.4 is 0 Å². The molecule has 2 aliphatic rings. The number of carbonyl (C=O) groups excluding carboxylic acids is 1. The predicted molar refractivity (Wildman–Crippen MR) is 98.2 cm³/mol. The Bertz CT molecular complexity index is 766. The van der Waals surface area contributed by atoms with Gasteiger partial charge in [-0.2, -0.15) is 5.10 Å². The molecule has 1 saturated heterocycles. The average molecular weight is 337 g/mol. The van der Waals surface area contributed by atoms with Crippen LogP contribution in [0.15, 0.2) is 36.7 Å². The third-order valence-electron chi connectivity index (χ3n) is 5.72. The molecule has 1 aliphatic heterocycles. The van der Waals surface area contributed by atoms with E-state index >= 15 is 0 Å². The van der Waals surface area contributed by atoms with Crippen LogP contribution in [0.1, 0.15) is 60.8 Å². The zero-order valence-electron chi connectivity index (χ0n) is 15.2. The number of aromatic nitrogens is 2. The molecule has 1 aliphatic carbocycles. The van der Waals surface area contributed by atoms with E-state index in [1.807, 2.05) is 17.9 Å². The third kappa shape index (κ3) is 3.35. The maximum atomic E-state index is 13.3. The molecule has 0 spiro atoms. The van der Waals surface area contributed by atoms with Crippen molar-refractivity contribution in [1.29, 1.82) is 0 Å². The van der Waals surface area contributed by atoms with Crippen LogP contribution in [0, 0.1) is 12.8 Å². The lowest BCUT2D eigenvalue weighted by atomic mass is 9.98. The summed E-state index contributed by atoms with van der Waals surface area (Å²) in [5.74, 6) is 0.861. The second-order valence-electron chi connectivity index (χ2n) is 7.71. The molecule has 3 atom stereocenters. The van der Waals surface area contributed by atoms with E-state index in [4.69, 9.17) is 0 Å². The van der Waals surface area contributed by atoms with Gasteiger partial charge in [-0.15, -0.1) is 0 Å². The van der Waals surface area contributed by atoms with Crippen LogP contribution in [0.3, 0.4) is 0 Å². The molecule has 1 aromatic heterocycles. The van der Waals surface area contributed by atoms with Gasteiger partial charge in [0.05, 0.1) is 12.2 Å². The van der Waals surface area contributed by atoms with Crippen LogP contribution in [0.2, 0.25) is 0 Å². The first-order valence-corrected chi connectivity index (χ1v) is 9.49. The Morgan fingerprint density at radius 3 is 2.84 bits per heavy atom. The third-order valence-corrected chi connectivity index (χ3v) is 5.72. The molecule has 0 unspecified atom stereocenters. The fourth-order valence-electron chi connectivity index (χ4n) is 4.28. The van der Waals surface area contributed by atoms with Crippen molar-refractivity contribution in [2.24, 2.45) is 13.0 Å². The number of likely N-dealkylation sites (tertiary alicyclic amines) is 1. The molecule has 1 amide bonds. The van der Waals surface area contributed by atoms with E-state index in [1.165, 1.54) is 29.5 Å². The van der Waals surface area contributed by atoms with Crippen molar-refractivity contribution in [3.05, 3.63) is 53.3 Å². The summed E-state index contributed by atoms with van der Waals surface area (Å²) in [6, 6.07) is 8.93. The van der Waals surface area contributed by atoms with Gasteiger partial charge in [-0.3, -0.25) is 9.48 Å². The van der Waals surface area contributed by atoms with Crippen molar-refractivity contribution in [2.75, 3.05) is 6.54 Å². The summed E-state index contributed by atoms with van der Waals surface area (Å²) in [6.07, 6.45) is 9.58. The molecule has 0 radical (unpaired) electrons. The van der Waals surface area contributed by atoms with E-state index in [-0.39, 0.29) is 12.0 Å². The summed E-state index contributed by atoms with van der Waals surface area (Å²) in [4.78, 5) is 15.5. The van der Waals surface area contributed by atoms with Gasteiger partial charge in [0.1, 0.15) is 0 Å². The summed E-state index contributed by atoms with van der Waals surface area (Å²) in [5.41, 5.74) is 3.78. The Hall–Kier alpha value is -2.10. The molecular formula is C21H27N3O. The Balaban J connectivity index is 1.54. The molecule has 4 rings (SSSR count). The number of carbonyl (C=O) groups is 1. The van der Waals surface area contributed by atoms with Gasteiger partial charge in [0.25, 0.3) is 0 Å². The molecular weight excluding hydrogens is 310 g/mol. The second-order valence-corrected chi connectivity index (χ2v) is 7.71. The normalized spacial score (nSPS) is 26.3. The zero-order valence-corrected chi connectivity index (χ0v) is 15.2.